The van der Waals surface area contributed by atoms with Crippen LogP contribution in [0.3, 0.4) is 0 Å². The second-order valence-corrected chi connectivity index (χ2v) is 4.21. The van der Waals surface area contributed by atoms with Crippen molar-refractivity contribution in [3.8, 4) is 11.4 Å². The van der Waals surface area contributed by atoms with Gasteiger partial charge in [-0.1, -0.05) is 32.4 Å². The van der Waals surface area contributed by atoms with Gasteiger partial charge in [-0.15, -0.1) is 0 Å². The Balaban J connectivity index is 2.20. The quantitative estimate of drug-likeness (QED) is 0.795. The van der Waals surface area contributed by atoms with E-state index in [0.717, 1.165) is 30.7 Å². The molecule has 2 aromatic heterocycles. The maximum atomic E-state index is 4.46. The van der Waals surface area contributed by atoms with Gasteiger partial charge in [0.15, 0.2) is 0 Å². The van der Waals surface area contributed by atoms with E-state index in [1.165, 1.54) is 11.1 Å². The van der Waals surface area contributed by atoms with Gasteiger partial charge < -0.3 is 0 Å². The van der Waals surface area contributed by atoms with E-state index < -0.39 is 0 Å². The first-order valence-corrected chi connectivity index (χ1v) is 6.23. The number of hydrogen-bond donors (Lipinski definition) is 0. The van der Waals surface area contributed by atoms with Gasteiger partial charge in [0.1, 0.15) is 0 Å². The van der Waals surface area contributed by atoms with Gasteiger partial charge >= 0.3 is 0 Å². The molecule has 0 saturated heterocycles. The summed E-state index contributed by atoms with van der Waals surface area (Å²) >= 11 is 0. The zero-order chi connectivity index (χ0) is 12.1. The lowest BCUT2D eigenvalue weighted by molar-refractivity contribution is 0.914. The fourth-order valence-corrected chi connectivity index (χ4v) is 1.80. The first-order chi connectivity index (χ1) is 8.33. The lowest BCUT2D eigenvalue weighted by Crippen LogP contribution is -1.91. The van der Waals surface area contributed by atoms with E-state index in [0.29, 0.717) is 0 Å². The number of rotatable bonds is 4. The molecule has 0 atom stereocenters. The van der Waals surface area contributed by atoms with Crippen LogP contribution in [0, 0.1) is 0 Å². The van der Waals surface area contributed by atoms with E-state index in [-0.39, 0.29) is 0 Å². The fraction of sp³-hybridized carbons (Fsp3) is 0.333. The molecule has 2 aromatic rings. The smallest absolute Gasteiger partial charge is 0.0886 e. The number of pyridine rings is 2. The highest BCUT2D eigenvalue weighted by Gasteiger charge is 2.01. The van der Waals surface area contributed by atoms with Gasteiger partial charge in [-0.05, 0) is 36.1 Å². The summed E-state index contributed by atoms with van der Waals surface area (Å²) in [5.41, 5.74) is 4.45. The molecule has 0 aromatic carbocycles. The summed E-state index contributed by atoms with van der Waals surface area (Å²) < 4.78 is 0. The highest BCUT2D eigenvalue weighted by atomic mass is 14.8. The summed E-state index contributed by atoms with van der Waals surface area (Å²) in [5, 5.41) is 0. The van der Waals surface area contributed by atoms with Crippen LogP contribution in [0.5, 0.6) is 0 Å². The lowest BCUT2D eigenvalue weighted by Gasteiger charge is -2.03. The van der Waals surface area contributed by atoms with Crippen LogP contribution in [0.15, 0.2) is 36.7 Å². The van der Waals surface area contributed by atoms with Gasteiger partial charge in [0.2, 0.25) is 0 Å². The Kier molecular flexibility index (Phi) is 3.86. The van der Waals surface area contributed by atoms with E-state index in [1.54, 1.807) is 0 Å². The van der Waals surface area contributed by atoms with Crippen molar-refractivity contribution in [3.63, 3.8) is 0 Å². The van der Waals surface area contributed by atoms with Crippen LogP contribution in [-0.4, -0.2) is 9.97 Å². The largest absolute Gasteiger partial charge is 0.254 e. The Morgan fingerprint density at radius 3 is 1.82 bits per heavy atom. The minimum Gasteiger partial charge on any atom is -0.254 e. The summed E-state index contributed by atoms with van der Waals surface area (Å²) in [6.45, 7) is 4.31. The summed E-state index contributed by atoms with van der Waals surface area (Å²) in [7, 11) is 0. The van der Waals surface area contributed by atoms with Crippen LogP contribution >= 0.6 is 0 Å². The third kappa shape index (κ3) is 2.90. The van der Waals surface area contributed by atoms with Crippen LogP contribution in [0.1, 0.15) is 31.4 Å². The van der Waals surface area contributed by atoms with E-state index in [9.17, 15) is 0 Å². The molecule has 0 bridgehead atoms. The van der Waals surface area contributed by atoms with Crippen LogP contribution in [0.2, 0.25) is 0 Å². The topological polar surface area (TPSA) is 25.8 Å². The highest BCUT2D eigenvalue weighted by molar-refractivity contribution is 5.54. The molecule has 2 nitrogen and oxygen atoms in total. The first-order valence-electron chi connectivity index (χ1n) is 6.23. The highest BCUT2D eigenvalue weighted by Crippen LogP contribution is 2.15. The molecule has 0 aliphatic carbocycles. The molecule has 0 fully saturated rings. The molecule has 0 aliphatic rings. The summed E-state index contributed by atoms with van der Waals surface area (Å²) in [4.78, 5) is 8.89. The minimum absolute atomic E-state index is 0.949. The zero-order valence-corrected chi connectivity index (χ0v) is 10.5. The van der Waals surface area contributed by atoms with Crippen molar-refractivity contribution in [2.45, 2.75) is 33.1 Å². The molecule has 0 unspecified atom stereocenters. The molecule has 2 heterocycles. The molecule has 2 rings (SSSR count). The van der Waals surface area contributed by atoms with E-state index in [4.69, 9.17) is 0 Å². The van der Waals surface area contributed by atoms with E-state index >= 15 is 0 Å². The maximum absolute atomic E-state index is 4.46. The second-order valence-electron chi connectivity index (χ2n) is 4.21. The average molecular weight is 226 g/mol. The second kappa shape index (κ2) is 5.58. The van der Waals surface area contributed by atoms with Gasteiger partial charge in [-0.2, -0.15) is 0 Å². The van der Waals surface area contributed by atoms with Crippen molar-refractivity contribution >= 4 is 0 Å². The van der Waals surface area contributed by atoms with Crippen molar-refractivity contribution in [1.29, 1.82) is 0 Å². The number of aryl methyl sites for hydroxylation is 2. The molecule has 0 radical (unpaired) electrons. The standard InChI is InChI=1S/C15H18N2/c1-3-5-13-7-9-15(17-11-13)14-8-6-12(4-2)10-16-14/h6-11H,3-5H2,1-2H3. The third-order valence-electron chi connectivity index (χ3n) is 2.86. The van der Waals surface area contributed by atoms with E-state index in [1.807, 2.05) is 18.5 Å². The SMILES string of the molecule is CCCc1ccc(-c2ccc(CC)cn2)nc1. The third-order valence-corrected chi connectivity index (χ3v) is 2.86. The minimum atomic E-state index is 0.949. The Morgan fingerprint density at radius 2 is 1.41 bits per heavy atom. The molecule has 0 amide bonds. The monoisotopic (exact) mass is 226 g/mol. The van der Waals surface area contributed by atoms with Gasteiger partial charge in [0, 0.05) is 12.4 Å². The van der Waals surface area contributed by atoms with Crippen molar-refractivity contribution in [1.82, 2.24) is 9.97 Å². The van der Waals surface area contributed by atoms with Crippen molar-refractivity contribution < 1.29 is 0 Å². The Bertz CT molecular complexity index is 457. The first kappa shape index (κ1) is 11.8. The normalized spacial score (nSPS) is 10.5. The number of nitrogens with zero attached hydrogens (tertiary/aromatic N) is 2. The number of hydrogen-bond acceptors (Lipinski definition) is 2. The summed E-state index contributed by atoms with van der Waals surface area (Å²) in [6, 6.07) is 8.35. The van der Waals surface area contributed by atoms with Gasteiger partial charge in [-0.25, -0.2) is 0 Å². The van der Waals surface area contributed by atoms with Crippen LogP contribution in [-0.2, 0) is 12.8 Å². The van der Waals surface area contributed by atoms with Gasteiger partial charge in [0.25, 0.3) is 0 Å². The molecule has 17 heavy (non-hydrogen) atoms. The van der Waals surface area contributed by atoms with Crippen LogP contribution in [0.25, 0.3) is 11.4 Å². The molecule has 0 N–H and O–H groups in total. The van der Waals surface area contributed by atoms with Crippen molar-refractivity contribution in [3.05, 3.63) is 47.8 Å². The summed E-state index contributed by atoms with van der Waals surface area (Å²) in [5.74, 6) is 0. The average Bonchev–Trinajstić information content (AvgIpc) is 2.40. The fourth-order valence-electron chi connectivity index (χ4n) is 1.80. The summed E-state index contributed by atoms with van der Waals surface area (Å²) in [6.07, 6.45) is 7.15. The molecular weight excluding hydrogens is 208 g/mol. The maximum Gasteiger partial charge on any atom is 0.0886 e. The van der Waals surface area contributed by atoms with Crippen LogP contribution < -0.4 is 0 Å². The van der Waals surface area contributed by atoms with E-state index in [2.05, 4.69) is 42.0 Å². The van der Waals surface area contributed by atoms with Gasteiger partial charge in [-0.3, -0.25) is 9.97 Å². The molecular formula is C15H18N2. The Labute approximate surface area is 103 Å². The molecule has 2 heteroatoms. The molecule has 0 saturated carbocycles. The molecule has 0 aliphatic heterocycles. The predicted molar refractivity (Wildman–Crippen MR) is 70.8 cm³/mol. The predicted octanol–water partition coefficient (Wildman–Crippen LogP) is 3.66. The van der Waals surface area contributed by atoms with Crippen molar-refractivity contribution in [2.75, 3.05) is 0 Å². The Hall–Kier alpha value is -1.70. The van der Waals surface area contributed by atoms with Gasteiger partial charge in [0.05, 0.1) is 11.4 Å². The Morgan fingerprint density at radius 1 is 0.824 bits per heavy atom. The van der Waals surface area contributed by atoms with Crippen LogP contribution in [0.4, 0.5) is 0 Å². The molecule has 0 spiro atoms. The zero-order valence-electron chi connectivity index (χ0n) is 10.5. The van der Waals surface area contributed by atoms with Crippen molar-refractivity contribution in [2.24, 2.45) is 0 Å². The number of aromatic nitrogens is 2. The molecule has 88 valence electrons. The lowest BCUT2D eigenvalue weighted by atomic mass is 10.1.